The summed E-state index contributed by atoms with van der Waals surface area (Å²) < 4.78 is 5.32. The van der Waals surface area contributed by atoms with Gasteiger partial charge in [-0.05, 0) is 58.4 Å². The third-order valence-electron chi connectivity index (χ3n) is 3.35. The van der Waals surface area contributed by atoms with Crippen LogP contribution in [-0.4, -0.2) is 31.6 Å². The molecule has 1 N–H and O–H groups in total. The van der Waals surface area contributed by atoms with Crippen molar-refractivity contribution in [2.75, 3.05) is 26.7 Å². The fourth-order valence-electron chi connectivity index (χ4n) is 2.14. The van der Waals surface area contributed by atoms with E-state index in [4.69, 9.17) is 4.42 Å². The topological polar surface area (TPSA) is 28.4 Å². The highest BCUT2D eigenvalue weighted by Gasteiger charge is 2.04. The van der Waals surface area contributed by atoms with E-state index in [9.17, 15) is 0 Å². The van der Waals surface area contributed by atoms with E-state index in [1.54, 1.807) is 6.26 Å². The Labute approximate surface area is 118 Å². The second-order valence-corrected chi connectivity index (χ2v) is 5.90. The second kappa shape index (κ2) is 9.16. The van der Waals surface area contributed by atoms with Gasteiger partial charge in [-0.25, -0.2) is 0 Å². The van der Waals surface area contributed by atoms with Crippen molar-refractivity contribution >= 4 is 0 Å². The van der Waals surface area contributed by atoms with Gasteiger partial charge in [-0.1, -0.05) is 20.3 Å². The largest absolute Gasteiger partial charge is 0.469 e. The van der Waals surface area contributed by atoms with Gasteiger partial charge in [0.1, 0.15) is 5.76 Å². The van der Waals surface area contributed by atoms with Gasteiger partial charge in [0.2, 0.25) is 0 Å². The number of hydrogen-bond acceptors (Lipinski definition) is 3. The molecule has 1 rings (SSSR count). The standard InChI is InChI=1S/C16H30N2O/c1-14(2)12-17-9-6-5-7-10-18(4)13-16-8-11-19-15(16)3/h8,11,14,17H,5-7,9-10,12-13H2,1-4H3. The lowest BCUT2D eigenvalue weighted by Gasteiger charge is -2.16. The van der Waals surface area contributed by atoms with Crippen LogP contribution in [0.25, 0.3) is 0 Å². The summed E-state index contributed by atoms with van der Waals surface area (Å²) in [7, 11) is 2.18. The third-order valence-corrected chi connectivity index (χ3v) is 3.35. The number of unbranched alkanes of at least 4 members (excludes halogenated alkanes) is 2. The molecule has 110 valence electrons. The molecule has 0 fully saturated rings. The lowest BCUT2D eigenvalue weighted by atomic mass is 10.2. The van der Waals surface area contributed by atoms with Crippen LogP contribution in [0, 0.1) is 12.8 Å². The zero-order valence-electron chi connectivity index (χ0n) is 13.0. The SMILES string of the molecule is Cc1occc1CN(C)CCCCCNCC(C)C. The van der Waals surface area contributed by atoms with E-state index in [-0.39, 0.29) is 0 Å². The first-order valence-electron chi connectivity index (χ1n) is 7.52. The molecule has 0 aliphatic rings. The molecule has 1 aromatic rings. The lowest BCUT2D eigenvalue weighted by molar-refractivity contribution is 0.314. The molecule has 0 spiro atoms. The highest BCUT2D eigenvalue weighted by Crippen LogP contribution is 2.11. The van der Waals surface area contributed by atoms with Crippen molar-refractivity contribution in [2.45, 2.75) is 46.6 Å². The first kappa shape index (κ1) is 16.3. The van der Waals surface area contributed by atoms with Crippen LogP contribution in [-0.2, 0) is 6.54 Å². The van der Waals surface area contributed by atoms with Crippen LogP contribution in [0.1, 0.15) is 44.4 Å². The molecular weight excluding hydrogens is 236 g/mol. The summed E-state index contributed by atoms with van der Waals surface area (Å²) in [6.45, 7) is 11.0. The van der Waals surface area contributed by atoms with Gasteiger partial charge >= 0.3 is 0 Å². The third kappa shape index (κ3) is 7.38. The Morgan fingerprint density at radius 1 is 1.26 bits per heavy atom. The maximum absolute atomic E-state index is 5.32. The molecule has 19 heavy (non-hydrogen) atoms. The minimum Gasteiger partial charge on any atom is -0.469 e. The van der Waals surface area contributed by atoms with Gasteiger partial charge in [-0.3, -0.25) is 0 Å². The zero-order valence-corrected chi connectivity index (χ0v) is 13.0. The first-order valence-corrected chi connectivity index (χ1v) is 7.52. The quantitative estimate of drug-likeness (QED) is 0.658. The average Bonchev–Trinajstić information content (AvgIpc) is 2.73. The Balaban J connectivity index is 1.99. The van der Waals surface area contributed by atoms with Crippen LogP contribution in [0.15, 0.2) is 16.7 Å². The van der Waals surface area contributed by atoms with Gasteiger partial charge in [0.15, 0.2) is 0 Å². The van der Waals surface area contributed by atoms with Crippen molar-refractivity contribution in [3.63, 3.8) is 0 Å². The van der Waals surface area contributed by atoms with Crippen LogP contribution in [0.5, 0.6) is 0 Å². The predicted octanol–water partition coefficient (Wildman–Crippen LogP) is 3.44. The molecule has 0 aromatic carbocycles. The van der Waals surface area contributed by atoms with Crippen LogP contribution >= 0.6 is 0 Å². The van der Waals surface area contributed by atoms with E-state index < -0.39 is 0 Å². The fourth-order valence-corrected chi connectivity index (χ4v) is 2.14. The van der Waals surface area contributed by atoms with Gasteiger partial charge in [-0.15, -0.1) is 0 Å². The molecule has 0 amide bonds. The summed E-state index contributed by atoms with van der Waals surface area (Å²) in [5.41, 5.74) is 1.31. The molecular formula is C16H30N2O. The molecule has 0 saturated carbocycles. The molecule has 0 bridgehead atoms. The van der Waals surface area contributed by atoms with Crippen molar-refractivity contribution in [1.29, 1.82) is 0 Å². The van der Waals surface area contributed by atoms with Crippen molar-refractivity contribution in [3.05, 3.63) is 23.7 Å². The van der Waals surface area contributed by atoms with E-state index in [1.807, 2.05) is 6.92 Å². The molecule has 0 aliphatic heterocycles. The number of hydrogen-bond donors (Lipinski definition) is 1. The van der Waals surface area contributed by atoms with Crippen LogP contribution < -0.4 is 5.32 Å². The molecule has 1 aromatic heterocycles. The maximum atomic E-state index is 5.32. The number of aryl methyl sites for hydroxylation is 1. The minimum absolute atomic E-state index is 0.754. The van der Waals surface area contributed by atoms with Crippen LogP contribution in [0.2, 0.25) is 0 Å². The summed E-state index contributed by atoms with van der Waals surface area (Å²) in [4.78, 5) is 2.37. The van der Waals surface area contributed by atoms with Crippen molar-refractivity contribution < 1.29 is 4.42 Å². The summed E-state index contributed by atoms with van der Waals surface area (Å²) in [5.74, 6) is 1.80. The van der Waals surface area contributed by atoms with Gasteiger partial charge < -0.3 is 14.6 Å². The van der Waals surface area contributed by atoms with Gasteiger partial charge in [-0.2, -0.15) is 0 Å². The zero-order chi connectivity index (χ0) is 14.1. The molecule has 0 saturated heterocycles. The molecule has 3 heteroatoms. The minimum atomic E-state index is 0.754. The smallest absolute Gasteiger partial charge is 0.105 e. The average molecular weight is 266 g/mol. The summed E-state index contributed by atoms with van der Waals surface area (Å²) in [6.07, 6.45) is 5.64. The van der Waals surface area contributed by atoms with Crippen LogP contribution in [0.3, 0.4) is 0 Å². The predicted molar refractivity (Wildman–Crippen MR) is 81.3 cm³/mol. The molecule has 1 heterocycles. The number of nitrogens with one attached hydrogen (secondary N) is 1. The Kier molecular flexibility index (Phi) is 7.84. The molecule has 3 nitrogen and oxygen atoms in total. The normalized spacial score (nSPS) is 11.7. The second-order valence-electron chi connectivity index (χ2n) is 5.90. The Hall–Kier alpha value is -0.800. The van der Waals surface area contributed by atoms with E-state index in [1.165, 1.54) is 24.8 Å². The van der Waals surface area contributed by atoms with Crippen molar-refractivity contribution in [2.24, 2.45) is 5.92 Å². The van der Waals surface area contributed by atoms with Crippen LogP contribution in [0.4, 0.5) is 0 Å². The van der Waals surface area contributed by atoms with E-state index in [0.29, 0.717) is 0 Å². The number of furan rings is 1. The maximum Gasteiger partial charge on any atom is 0.105 e. The highest BCUT2D eigenvalue weighted by molar-refractivity contribution is 5.14. The summed E-state index contributed by atoms with van der Waals surface area (Å²) in [6, 6.07) is 2.07. The molecule has 0 atom stereocenters. The van der Waals surface area contributed by atoms with E-state index in [2.05, 4.69) is 37.2 Å². The molecule has 0 radical (unpaired) electrons. The monoisotopic (exact) mass is 266 g/mol. The first-order chi connectivity index (χ1) is 9.09. The Morgan fingerprint density at radius 2 is 2.05 bits per heavy atom. The lowest BCUT2D eigenvalue weighted by Crippen LogP contribution is -2.21. The number of nitrogens with zero attached hydrogens (tertiary/aromatic N) is 1. The summed E-state index contributed by atoms with van der Waals surface area (Å²) >= 11 is 0. The van der Waals surface area contributed by atoms with Crippen molar-refractivity contribution in [1.82, 2.24) is 10.2 Å². The molecule has 0 aliphatic carbocycles. The van der Waals surface area contributed by atoms with E-state index >= 15 is 0 Å². The highest BCUT2D eigenvalue weighted by atomic mass is 16.3. The fraction of sp³-hybridized carbons (Fsp3) is 0.750. The van der Waals surface area contributed by atoms with E-state index in [0.717, 1.165) is 37.9 Å². The van der Waals surface area contributed by atoms with Crippen molar-refractivity contribution in [3.8, 4) is 0 Å². The molecule has 0 unspecified atom stereocenters. The van der Waals surface area contributed by atoms with Gasteiger partial charge in [0, 0.05) is 12.1 Å². The van der Waals surface area contributed by atoms with Gasteiger partial charge in [0.25, 0.3) is 0 Å². The summed E-state index contributed by atoms with van der Waals surface area (Å²) in [5, 5.41) is 3.49. The van der Waals surface area contributed by atoms with Gasteiger partial charge in [0.05, 0.1) is 6.26 Å². The Bertz CT molecular complexity index is 333. The number of rotatable bonds is 10. The Morgan fingerprint density at radius 3 is 2.68 bits per heavy atom.